The summed E-state index contributed by atoms with van der Waals surface area (Å²) in [6.45, 7) is 11.5. The summed E-state index contributed by atoms with van der Waals surface area (Å²) in [5, 5.41) is 0. The van der Waals surface area contributed by atoms with Crippen molar-refractivity contribution < 1.29 is 0 Å². The van der Waals surface area contributed by atoms with Crippen LogP contribution in [0.3, 0.4) is 0 Å². The number of nitrogens with zero attached hydrogens (tertiary/aromatic N) is 1. The molecule has 0 unspecified atom stereocenters. The Morgan fingerprint density at radius 1 is 1.17 bits per heavy atom. The van der Waals surface area contributed by atoms with Crippen LogP contribution >= 0.6 is 12.6 Å². The van der Waals surface area contributed by atoms with E-state index in [9.17, 15) is 0 Å². The molecule has 0 aliphatic rings. The first-order valence-corrected chi connectivity index (χ1v) is 5.56. The third kappa shape index (κ3) is 5.90. The molecule has 0 amide bonds. The van der Waals surface area contributed by atoms with Crippen molar-refractivity contribution in [3.05, 3.63) is 0 Å². The molecule has 0 bridgehead atoms. The van der Waals surface area contributed by atoms with Crippen molar-refractivity contribution in [3.63, 3.8) is 0 Å². The maximum atomic E-state index is 4.23. The summed E-state index contributed by atoms with van der Waals surface area (Å²) < 4.78 is 0. The third-order valence-electron chi connectivity index (χ3n) is 1.93. The summed E-state index contributed by atoms with van der Waals surface area (Å²) in [6.07, 6.45) is 1.20. The molecule has 0 saturated carbocycles. The Hall–Kier alpha value is 0.310. The molecule has 0 fully saturated rings. The largest absolute Gasteiger partial charge is 0.301 e. The van der Waals surface area contributed by atoms with Crippen LogP contribution in [-0.4, -0.2) is 29.8 Å². The highest BCUT2D eigenvalue weighted by atomic mass is 32.1. The number of hydrogen-bond acceptors (Lipinski definition) is 2. The third-order valence-corrected chi connectivity index (χ3v) is 2.25. The lowest BCUT2D eigenvalue weighted by molar-refractivity contribution is 0.199. The topological polar surface area (TPSA) is 3.24 Å². The van der Waals surface area contributed by atoms with Crippen LogP contribution in [0, 0.1) is 5.92 Å². The minimum absolute atomic E-state index is 0.673. The van der Waals surface area contributed by atoms with Crippen molar-refractivity contribution >= 4 is 12.6 Å². The van der Waals surface area contributed by atoms with Gasteiger partial charge in [0.05, 0.1) is 0 Å². The van der Waals surface area contributed by atoms with E-state index < -0.39 is 0 Å². The van der Waals surface area contributed by atoms with Crippen molar-refractivity contribution in [2.45, 2.75) is 40.2 Å². The molecule has 0 spiro atoms. The van der Waals surface area contributed by atoms with Gasteiger partial charge in [0.25, 0.3) is 0 Å². The van der Waals surface area contributed by atoms with Gasteiger partial charge < -0.3 is 4.90 Å². The fourth-order valence-corrected chi connectivity index (χ4v) is 1.44. The highest BCUT2D eigenvalue weighted by molar-refractivity contribution is 7.80. The van der Waals surface area contributed by atoms with Crippen molar-refractivity contribution in [2.75, 3.05) is 18.8 Å². The molecule has 0 N–H and O–H groups in total. The molecule has 0 radical (unpaired) electrons. The molecular weight excluding hydrogens is 166 g/mol. The molecule has 74 valence electrons. The number of rotatable bonds is 6. The monoisotopic (exact) mass is 189 g/mol. The Kier molecular flexibility index (Phi) is 6.96. The van der Waals surface area contributed by atoms with Gasteiger partial charge in [-0.15, -0.1) is 0 Å². The molecule has 12 heavy (non-hydrogen) atoms. The fourth-order valence-electron chi connectivity index (χ4n) is 1.30. The van der Waals surface area contributed by atoms with Gasteiger partial charge >= 0.3 is 0 Å². The minimum Gasteiger partial charge on any atom is -0.301 e. The van der Waals surface area contributed by atoms with Crippen LogP contribution in [0.1, 0.15) is 34.1 Å². The van der Waals surface area contributed by atoms with Gasteiger partial charge in [-0.3, -0.25) is 0 Å². The first-order valence-electron chi connectivity index (χ1n) is 4.92. The Morgan fingerprint density at radius 3 is 2.08 bits per heavy atom. The molecule has 2 heteroatoms. The number of hydrogen-bond donors (Lipinski definition) is 1. The van der Waals surface area contributed by atoms with Crippen molar-refractivity contribution in [1.82, 2.24) is 4.90 Å². The molecule has 0 aliphatic heterocycles. The summed E-state index contributed by atoms with van der Waals surface area (Å²) >= 11 is 4.23. The highest BCUT2D eigenvalue weighted by Gasteiger charge is 2.09. The van der Waals surface area contributed by atoms with E-state index in [4.69, 9.17) is 0 Å². The van der Waals surface area contributed by atoms with Crippen molar-refractivity contribution in [1.29, 1.82) is 0 Å². The molecule has 0 saturated heterocycles. The van der Waals surface area contributed by atoms with Crippen LogP contribution in [0.4, 0.5) is 0 Å². The first kappa shape index (κ1) is 12.3. The maximum Gasteiger partial charge on any atom is 0.00387 e. The molecule has 0 aromatic rings. The predicted octanol–water partition coefficient (Wildman–Crippen LogP) is 2.67. The smallest absolute Gasteiger partial charge is 0.00387 e. The highest BCUT2D eigenvalue weighted by Crippen LogP contribution is 2.05. The molecule has 0 aromatic heterocycles. The quantitative estimate of drug-likeness (QED) is 0.629. The molecule has 0 aromatic carbocycles. The summed E-state index contributed by atoms with van der Waals surface area (Å²) in [5.41, 5.74) is 0. The van der Waals surface area contributed by atoms with Gasteiger partial charge in [0, 0.05) is 12.6 Å². The van der Waals surface area contributed by atoms with Gasteiger partial charge in [0.2, 0.25) is 0 Å². The van der Waals surface area contributed by atoms with Gasteiger partial charge in [0.15, 0.2) is 0 Å². The SMILES string of the molecule is CC(C)CN(CCCS)C(C)C. The fraction of sp³-hybridized carbons (Fsp3) is 1.00. The molecule has 0 heterocycles. The predicted molar refractivity (Wildman–Crippen MR) is 60.0 cm³/mol. The second-order valence-electron chi connectivity index (χ2n) is 4.06. The lowest BCUT2D eigenvalue weighted by Gasteiger charge is -2.27. The van der Waals surface area contributed by atoms with E-state index >= 15 is 0 Å². The van der Waals surface area contributed by atoms with E-state index in [0.717, 1.165) is 11.7 Å². The van der Waals surface area contributed by atoms with Crippen LogP contribution in [0.15, 0.2) is 0 Å². The van der Waals surface area contributed by atoms with Crippen LogP contribution in [0.5, 0.6) is 0 Å². The van der Waals surface area contributed by atoms with E-state index in [-0.39, 0.29) is 0 Å². The average Bonchev–Trinajstić information content (AvgIpc) is 1.96. The van der Waals surface area contributed by atoms with E-state index in [1.54, 1.807) is 0 Å². The zero-order valence-electron chi connectivity index (χ0n) is 8.88. The average molecular weight is 189 g/mol. The zero-order chi connectivity index (χ0) is 9.56. The maximum absolute atomic E-state index is 4.23. The van der Waals surface area contributed by atoms with E-state index in [1.165, 1.54) is 19.5 Å². The molecule has 0 atom stereocenters. The van der Waals surface area contributed by atoms with Gasteiger partial charge in [-0.2, -0.15) is 12.6 Å². The van der Waals surface area contributed by atoms with Gasteiger partial charge in [-0.25, -0.2) is 0 Å². The lowest BCUT2D eigenvalue weighted by atomic mass is 10.1. The van der Waals surface area contributed by atoms with E-state index in [0.29, 0.717) is 6.04 Å². The second kappa shape index (κ2) is 6.79. The lowest BCUT2D eigenvalue weighted by Crippen LogP contribution is -2.35. The van der Waals surface area contributed by atoms with E-state index in [2.05, 4.69) is 45.2 Å². The zero-order valence-corrected chi connectivity index (χ0v) is 9.77. The van der Waals surface area contributed by atoms with E-state index in [1.807, 2.05) is 0 Å². The molecule has 1 nitrogen and oxygen atoms in total. The van der Waals surface area contributed by atoms with Crippen molar-refractivity contribution in [2.24, 2.45) is 5.92 Å². The van der Waals surface area contributed by atoms with Gasteiger partial charge in [-0.1, -0.05) is 13.8 Å². The first-order chi connectivity index (χ1) is 5.57. The Morgan fingerprint density at radius 2 is 1.75 bits per heavy atom. The Labute approximate surface area is 82.9 Å². The summed E-state index contributed by atoms with van der Waals surface area (Å²) in [6, 6.07) is 0.673. The van der Waals surface area contributed by atoms with Crippen LogP contribution in [0.25, 0.3) is 0 Å². The molecule has 0 rings (SSSR count). The molecular formula is C10H23NS. The normalized spacial score (nSPS) is 12.0. The minimum atomic E-state index is 0.673. The van der Waals surface area contributed by atoms with Crippen LogP contribution in [0.2, 0.25) is 0 Å². The Balaban J connectivity index is 3.70. The van der Waals surface area contributed by atoms with Gasteiger partial charge in [-0.05, 0) is 38.5 Å². The summed E-state index contributed by atoms with van der Waals surface area (Å²) in [4.78, 5) is 2.53. The summed E-state index contributed by atoms with van der Waals surface area (Å²) in [5.74, 6) is 1.77. The van der Waals surface area contributed by atoms with Gasteiger partial charge in [0.1, 0.15) is 0 Å². The van der Waals surface area contributed by atoms with Crippen LogP contribution in [-0.2, 0) is 0 Å². The summed E-state index contributed by atoms with van der Waals surface area (Å²) in [7, 11) is 0. The van der Waals surface area contributed by atoms with Crippen molar-refractivity contribution in [3.8, 4) is 0 Å². The standard InChI is InChI=1S/C10H23NS/c1-9(2)8-11(10(3)4)6-5-7-12/h9-10,12H,5-8H2,1-4H3. The Bertz CT molecular complexity index is 102. The number of thiol groups is 1. The van der Waals surface area contributed by atoms with Crippen LogP contribution < -0.4 is 0 Å². The molecule has 0 aliphatic carbocycles. The second-order valence-corrected chi connectivity index (χ2v) is 4.51.